The summed E-state index contributed by atoms with van der Waals surface area (Å²) < 4.78 is 29.2. The van der Waals surface area contributed by atoms with Crippen molar-refractivity contribution in [3.05, 3.63) is 72.9 Å². The molecule has 9 heteroatoms. The number of aliphatic hydroxyl groups excluding tert-OH is 1. The standard InChI is InChI=1S/C25H22F2N6O/c1-15(34)18-8-20-22(9-19(18)17-10-30-32(2)11-17)28-14-29-25(20)21-12-33(13-23(26)27)31-24(21)16-6-4-3-5-7-16/h3-12,14-15,23,34H,13H2,1-2H3/t15-/m0/s1. The molecule has 3 heterocycles. The maximum absolute atomic E-state index is 13.1. The number of fused-ring (bicyclic) bond motifs is 1. The molecule has 0 aliphatic carbocycles. The van der Waals surface area contributed by atoms with Crippen molar-refractivity contribution in [3.63, 3.8) is 0 Å². The highest BCUT2D eigenvalue weighted by Crippen LogP contribution is 2.37. The van der Waals surface area contributed by atoms with Crippen LogP contribution in [0.15, 0.2) is 67.4 Å². The normalized spacial score (nSPS) is 12.5. The third-order valence-electron chi connectivity index (χ3n) is 5.66. The van der Waals surface area contributed by atoms with Crippen LogP contribution < -0.4 is 0 Å². The van der Waals surface area contributed by atoms with Gasteiger partial charge in [-0.3, -0.25) is 9.36 Å². The van der Waals surface area contributed by atoms with Crippen molar-refractivity contribution in [2.75, 3.05) is 0 Å². The summed E-state index contributed by atoms with van der Waals surface area (Å²) in [4.78, 5) is 8.96. The van der Waals surface area contributed by atoms with Crippen molar-refractivity contribution >= 4 is 10.9 Å². The van der Waals surface area contributed by atoms with Crippen molar-refractivity contribution < 1.29 is 13.9 Å². The maximum atomic E-state index is 13.1. The van der Waals surface area contributed by atoms with Gasteiger partial charge in [-0.1, -0.05) is 30.3 Å². The molecule has 1 N–H and O–H groups in total. The number of nitrogens with zero attached hydrogens (tertiary/aromatic N) is 6. The van der Waals surface area contributed by atoms with Gasteiger partial charge in [0.2, 0.25) is 0 Å². The highest BCUT2D eigenvalue weighted by Gasteiger charge is 2.21. The molecule has 0 aliphatic rings. The first kappa shape index (κ1) is 21.8. The lowest BCUT2D eigenvalue weighted by atomic mass is 9.94. The van der Waals surface area contributed by atoms with Gasteiger partial charge in [0, 0.05) is 41.5 Å². The molecule has 1 atom stereocenters. The zero-order valence-electron chi connectivity index (χ0n) is 18.6. The van der Waals surface area contributed by atoms with Crippen LogP contribution in [0.2, 0.25) is 0 Å². The van der Waals surface area contributed by atoms with E-state index in [1.807, 2.05) is 55.7 Å². The summed E-state index contributed by atoms with van der Waals surface area (Å²) in [6.07, 6.45) is 3.35. The van der Waals surface area contributed by atoms with Gasteiger partial charge in [-0.05, 0) is 30.2 Å². The molecule has 5 rings (SSSR count). The van der Waals surface area contributed by atoms with Crippen LogP contribution in [0.3, 0.4) is 0 Å². The number of hydrogen-bond acceptors (Lipinski definition) is 5. The Bertz CT molecular complexity index is 1460. The van der Waals surface area contributed by atoms with Crippen LogP contribution >= 0.6 is 0 Å². The van der Waals surface area contributed by atoms with Crippen LogP contribution in [0.5, 0.6) is 0 Å². The predicted octanol–water partition coefficient (Wildman–Crippen LogP) is 4.88. The molecule has 0 spiro atoms. The molecule has 34 heavy (non-hydrogen) atoms. The molecule has 0 saturated carbocycles. The Hall–Kier alpha value is -3.98. The van der Waals surface area contributed by atoms with E-state index in [1.165, 1.54) is 11.0 Å². The fourth-order valence-corrected chi connectivity index (χ4v) is 4.13. The van der Waals surface area contributed by atoms with Gasteiger partial charge in [-0.2, -0.15) is 10.2 Å². The Balaban J connectivity index is 1.75. The quantitative estimate of drug-likeness (QED) is 0.391. The Labute approximate surface area is 194 Å². The van der Waals surface area contributed by atoms with Gasteiger partial charge in [0.15, 0.2) is 0 Å². The summed E-state index contributed by atoms with van der Waals surface area (Å²) in [7, 11) is 1.83. The minimum absolute atomic E-state index is 0.521. The first-order valence-corrected chi connectivity index (χ1v) is 10.8. The molecule has 0 radical (unpaired) electrons. The van der Waals surface area contributed by atoms with E-state index < -0.39 is 19.1 Å². The van der Waals surface area contributed by atoms with E-state index in [0.717, 1.165) is 16.7 Å². The van der Waals surface area contributed by atoms with Crippen LogP contribution in [0.1, 0.15) is 18.6 Å². The third-order valence-corrected chi connectivity index (χ3v) is 5.66. The molecule has 0 fully saturated rings. The first-order chi connectivity index (χ1) is 16.4. The van der Waals surface area contributed by atoms with Gasteiger partial charge in [0.05, 0.1) is 23.5 Å². The second kappa shape index (κ2) is 8.75. The van der Waals surface area contributed by atoms with Crippen molar-refractivity contribution in [1.82, 2.24) is 29.5 Å². The van der Waals surface area contributed by atoms with Gasteiger partial charge in [-0.15, -0.1) is 0 Å². The number of halogens is 2. The lowest BCUT2D eigenvalue weighted by molar-refractivity contribution is 0.122. The number of alkyl halides is 2. The summed E-state index contributed by atoms with van der Waals surface area (Å²) in [6.45, 7) is 1.17. The summed E-state index contributed by atoms with van der Waals surface area (Å²) in [5.74, 6) is 0. The van der Waals surface area contributed by atoms with E-state index in [9.17, 15) is 13.9 Å². The summed E-state index contributed by atoms with van der Waals surface area (Å²) in [6, 6.07) is 13.1. The molecule has 172 valence electrons. The van der Waals surface area contributed by atoms with E-state index in [1.54, 1.807) is 24.0 Å². The van der Waals surface area contributed by atoms with E-state index in [0.29, 0.717) is 33.4 Å². The lowest BCUT2D eigenvalue weighted by Crippen LogP contribution is -2.06. The van der Waals surface area contributed by atoms with Gasteiger partial charge in [0.25, 0.3) is 6.43 Å². The number of hydrogen-bond donors (Lipinski definition) is 1. The van der Waals surface area contributed by atoms with Gasteiger partial charge >= 0.3 is 0 Å². The molecule has 0 aliphatic heterocycles. The van der Waals surface area contributed by atoms with E-state index in [4.69, 9.17) is 0 Å². The highest BCUT2D eigenvalue weighted by molar-refractivity contribution is 5.98. The predicted molar refractivity (Wildman–Crippen MR) is 125 cm³/mol. The van der Waals surface area contributed by atoms with Crippen LogP contribution in [0.25, 0.3) is 44.5 Å². The molecular weight excluding hydrogens is 438 g/mol. The Morgan fingerprint density at radius 1 is 0.971 bits per heavy atom. The maximum Gasteiger partial charge on any atom is 0.257 e. The average Bonchev–Trinajstić information content (AvgIpc) is 3.44. The number of benzene rings is 2. The fourth-order valence-electron chi connectivity index (χ4n) is 4.13. The van der Waals surface area contributed by atoms with Crippen LogP contribution in [0, 0.1) is 0 Å². The third kappa shape index (κ3) is 4.06. The summed E-state index contributed by atoms with van der Waals surface area (Å²) in [5, 5.41) is 19.9. The number of rotatable bonds is 6. The highest BCUT2D eigenvalue weighted by atomic mass is 19.3. The monoisotopic (exact) mass is 460 g/mol. The van der Waals surface area contributed by atoms with Crippen molar-refractivity contribution in [2.24, 2.45) is 7.05 Å². The van der Waals surface area contributed by atoms with E-state index in [2.05, 4.69) is 20.2 Å². The van der Waals surface area contributed by atoms with Gasteiger partial charge < -0.3 is 5.11 Å². The zero-order chi connectivity index (χ0) is 23.8. The zero-order valence-corrected chi connectivity index (χ0v) is 18.6. The van der Waals surface area contributed by atoms with Crippen molar-refractivity contribution in [2.45, 2.75) is 26.0 Å². The Morgan fingerprint density at radius 2 is 1.76 bits per heavy atom. The van der Waals surface area contributed by atoms with E-state index >= 15 is 0 Å². The summed E-state index contributed by atoms with van der Waals surface area (Å²) in [5.41, 5.74) is 5.55. The van der Waals surface area contributed by atoms with Crippen LogP contribution in [-0.4, -0.2) is 41.1 Å². The molecule has 5 aromatic rings. The smallest absolute Gasteiger partial charge is 0.257 e. The molecule has 0 amide bonds. The molecule has 7 nitrogen and oxygen atoms in total. The lowest BCUT2D eigenvalue weighted by Gasteiger charge is -2.14. The average molecular weight is 460 g/mol. The minimum atomic E-state index is -2.54. The topological polar surface area (TPSA) is 81.7 Å². The molecule has 0 saturated heterocycles. The second-order valence-corrected chi connectivity index (χ2v) is 8.13. The SMILES string of the molecule is C[C@H](O)c1cc2c(-c3cn(CC(F)F)nc3-c3ccccc3)ncnc2cc1-c1cnn(C)c1. The molecular formula is C25H22F2N6O. The van der Waals surface area contributed by atoms with E-state index in [-0.39, 0.29) is 0 Å². The molecule has 3 aromatic heterocycles. The van der Waals surface area contributed by atoms with Crippen molar-refractivity contribution in [1.29, 1.82) is 0 Å². The summed E-state index contributed by atoms with van der Waals surface area (Å²) >= 11 is 0. The molecule has 2 aromatic carbocycles. The van der Waals surface area contributed by atoms with Crippen molar-refractivity contribution in [3.8, 4) is 33.6 Å². The van der Waals surface area contributed by atoms with Crippen LogP contribution in [0.4, 0.5) is 8.78 Å². The number of aromatic nitrogens is 6. The molecule has 0 unspecified atom stereocenters. The molecule has 0 bridgehead atoms. The van der Waals surface area contributed by atoms with Gasteiger partial charge in [0.1, 0.15) is 18.6 Å². The van der Waals surface area contributed by atoms with Gasteiger partial charge in [-0.25, -0.2) is 18.7 Å². The minimum Gasteiger partial charge on any atom is -0.389 e. The number of aliphatic hydroxyl groups is 1. The Kier molecular flexibility index (Phi) is 5.62. The fraction of sp³-hybridized carbons (Fsp3) is 0.200. The first-order valence-electron chi connectivity index (χ1n) is 10.8. The Morgan fingerprint density at radius 3 is 2.44 bits per heavy atom. The number of aryl methyl sites for hydroxylation is 1. The largest absolute Gasteiger partial charge is 0.389 e. The second-order valence-electron chi connectivity index (χ2n) is 8.13. The van der Waals surface area contributed by atoms with Crippen LogP contribution in [-0.2, 0) is 13.6 Å².